The Balaban J connectivity index is 2.10. The number of hydrogen-bond donors (Lipinski definition) is 2. The molecule has 2 N–H and O–H groups in total. The molecular weight excluding hydrogens is 292 g/mol. The van der Waals surface area contributed by atoms with Crippen LogP contribution >= 0.6 is 0 Å². The molecule has 0 bridgehead atoms. The smallest absolute Gasteiger partial charge is 0.309 e. The van der Waals surface area contributed by atoms with E-state index < -0.39 is 21.4 Å². The maximum atomic E-state index is 11.7. The summed E-state index contributed by atoms with van der Waals surface area (Å²) >= 11 is 0. The summed E-state index contributed by atoms with van der Waals surface area (Å²) in [6, 6.07) is 6.64. The second-order valence-electron chi connectivity index (χ2n) is 5.55. The van der Waals surface area contributed by atoms with Gasteiger partial charge in [-0.05, 0) is 51.1 Å². The lowest BCUT2D eigenvalue weighted by Crippen LogP contribution is -2.42. The minimum absolute atomic E-state index is 0.223. The van der Waals surface area contributed by atoms with Crippen molar-refractivity contribution >= 4 is 21.7 Å². The first kappa shape index (κ1) is 15.8. The van der Waals surface area contributed by atoms with Crippen molar-refractivity contribution in [2.75, 3.05) is 25.0 Å². The zero-order valence-electron chi connectivity index (χ0n) is 12.2. The monoisotopic (exact) mass is 312 g/mol. The Bertz CT molecular complexity index is 617. The van der Waals surface area contributed by atoms with E-state index in [0.29, 0.717) is 25.9 Å². The van der Waals surface area contributed by atoms with E-state index in [1.165, 1.54) is 7.05 Å². The molecule has 116 valence electrons. The fraction of sp³-hybridized carbons (Fsp3) is 0.500. The zero-order chi connectivity index (χ0) is 15.7. The van der Waals surface area contributed by atoms with E-state index in [0.717, 1.165) is 5.69 Å². The van der Waals surface area contributed by atoms with Gasteiger partial charge in [0.1, 0.15) is 0 Å². The summed E-state index contributed by atoms with van der Waals surface area (Å²) in [4.78, 5) is 13.5. The zero-order valence-corrected chi connectivity index (χ0v) is 13.0. The van der Waals surface area contributed by atoms with Gasteiger partial charge in [-0.15, -0.1) is 0 Å². The van der Waals surface area contributed by atoms with E-state index in [4.69, 9.17) is 0 Å². The maximum absolute atomic E-state index is 11.7. The third-order valence-electron chi connectivity index (χ3n) is 4.16. The Labute approximate surface area is 124 Å². The summed E-state index contributed by atoms with van der Waals surface area (Å²) in [5.74, 6) is -0.752. The van der Waals surface area contributed by atoms with Gasteiger partial charge >= 0.3 is 5.97 Å². The van der Waals surface area contributed by atoms with Crippen molar-refractivity contribution in [1.82, 2.24) is 4.72 Å². The van der Waals surface area contributed by atoms with Crippen molar-refractivity contribution in [2.24, 2.45) is 5.41 Å². The summed E-state index contributed by atoms with van der Waals surface area (Å²) in [5, 5.41) is 9.22. The molecule has 1 aliphatic rings. The summed E-state index contributed by atoms with van der Waals surface area (Å²) in [6.45, 7) is 3.08. The number of carboxylic acids is 1. The van der Waals surface area contributed by atoms with Crippen LogP contribution in [-0.2, 0) is 14.8 Å². The quantitative estimate of drug-likeness (QED) is 0.875. The van der Waals surface area contributed by atoms with Crippen molar-refractivity contribution in [2.45, 2.75) is 24.7 Å². The molecule has 1 heterocycles. The number of piperidine rings is 1. The molecule has 0 radical (unpaired) electrons. The highest BCUT2D eigenvalue weighted by Gasteiger charge is 2.36. The van der Waals surface area contributed by atoms with Crippen molar-refractivity contribution in [3.8, 4) is 0 Å². The average molecular weight is 312 g/mol. The van der Waals surface area contributed by atoms with Crippen LogP contribution in [0.1, 0.15) is 19.8 Å². The first-order valence-electron chi connectivity index (χ1n) is 6.80. The molecule has 0 atom stereocenters. The Morgan fingerprint density at radius 2 is 1.76 bits per heavy atom. The molecule has 1 aromatic carbocycles. The number of hydrogen-bond acceptors (Lipinski definition) is 4. The van der Waals surface area contributed by atoms with Crippen LogP contribution in [0.3, 0.4) is 0 Å². The van der Waals surface area contributed by atoms with Gasteiger partial charge in [-0.2, -0.15) is 0 Å². The standard InChI is InChI=1S/C14H20N2O4S/c1-14(13(17)18)7-9-16(10-8-14)11-3-5-12(6-4-11)21(19,20)15-2/h3-6,15H,7-10H2,1-2H3,(H,17,18). The summed E-state index contributed by atoms with van der Waals surface area (Å²) < 4.78 is 25.6. The van der Waals surface area contributed by atoms with Crippen LogP contribution in [0.5, 0.6) is 0 Å². The van der Waals surface area contributed by atoms with E-state index in [1.807, 2.05) is 0 Å². The summed E-state index contributed by atoms with van der Waals surface area (Å²) in [5.41, 5.74) is 0.254. The molecule has 0 amide bonds. The van der Waals surface area contributed by atoms with Gasteiger partial charge in [0.05, 0.1) is 10.3 Å². The number of carboxylic acid groups (broad SMARTS) is 1. The molecule has 1 aliphatic heterocycles. The molecule has 0 unspecified atom stereocenters. The number of aliphatic carboxylic acids is 1. The molecule has 1 fully saturated rings. The molecule has 0 aliphatic carbocycles. The van der Waals surface area contributed by atoms with Crippen LogP contribution in [0, 0.1) is 5.41 Å². The predicted octanol–water partition coefficient (Wildman–Crippen LogP) is 1.29. The summed E-state index contributed by atoms with van der Waals surface area (Å²) in [7, 11) is -2.05. The van der Waals surface area contributed by atoms with Gasteiger partial charge in [0.25, 0.3) is 0 Å². The lowest BCUT2D eigenvalue weighted by Gasteiger charge is -2.37. The Morgan fingerprint density at radius 1 is 1.24 bits per heavy atom. The average Bonchev–Trinajstić information content (AvgIpc) is 2.48. The van der Waals surface area contributed by atoms with Crippen molar-refractivity contribution in [1.29, 1.82) is 0 Å². The van der Waals surface area contributed by atoms with Crippen molar-refractivity contribution in [3.05, 3.63) is 24.3 Å². The predicted molar refractivity (Wildman–Crippen MR) is 79.9 cm³/mol. The van der Waals surface area contributed by atoms with Crippen LogP contribution in [0.15, 0.2) is 29.2 Å². The Hall–Kier alpha value is -1.60. The molecule has 7 heteroatoms. The second kappa shape index (κ2) is 5.65. The van der Waals surface area contributed by atoms with Gasteiger partial charge < -0.3 is 10.0 Å². The largest absolute Gasteiger partial charge is 0.481 e. The first-order valence-corrected chi connectivity index (χ1v) is 8.29. The number of nitrogens with zero attached hydrogens (tertiary/aromatic N) is 1. The highest BCUT2D eigenvalue weighted by molar-refractivity contribution is 7.89. The number of anilines is 1. The van der Waals surface area contributed by atoms with Crippen molar-refractivity contribution in [3.63, 3.8) is 0 Å². The third kappa shape index (κ3) is 3.19. The molecular formula is C14H20N2O4S. The van der Waals surface area contributed by atoms with Gasteiger partial charge in [-0.3, -0.25) is 4.79 Å². The van der Waals surface area contributed by atoms with Gasteiger partial charge in [-0.25, -0.2) is 13.1 Å². The van der Waals surface area contributed by atoms with E-state index in [-0.39, 0.29) is 4.90 Å². The van der Waals surface area contributed by atoms with E-state index in [9.17, 15) is 18.3 Å². The number of sulfonamides is 1. The highest BCUT2D eigenvalue weighted by atomic mass is 32.2. The van der Waals surface area contributed by atoms with E-state index in [1.54, 1.807) is 31.2 Å². The third-order valence-corrected chi connectivity index (χ3v) is 5.59. The molecule has 0 aromatic heterocycles. The maximum Gasteiger partial charge on any atom is 0.309 e. The fourth-order valence-electron chi connectivity index (χ4n) is 2.43. The van der Waals surface area contributed by atoms with E-state index in [2.05, 4.69) is 9.62 Å². The normalized spacial score (nSPS) is 18.5. The number of carbonyl (C=O) groups is 1. The first-order chi connectivity index (χ1) is 9.78. The van der Waals surface area contributed by atoms with Crippen LogP contribution in [-0.4, -0.2) is 39.6 Å². The molecule has 21 heavy (non-hydrogen) atoms. The molecule has 1 aromatic rings. The van der Waals surface area contributed by atoms with E-state index >= 15 is 0 Å². The van der Waals surface area contributed by atoms with Crippen LogP contribution in [0.25, 0.3) is 0 Å². The van der Waals surface area contributed by atoms with Crippen LogP contribution < -0.4 is 9.62 Å². The van der Waals surface area contributed by atoms with Crippen molar-refractivity contribution < 1.29 is 18.3 Å². The highest BCUT2D eigenvalue weighted by Crippen LogP contribution is 2.33. The summed E-state index contributed by atoms with van der Waals surface area (Å²) in [6.07, 6.45) is 1.16. The Kier molecular flexibility index (Phi) is 4.25. The lowest BCUT2D eigenvalue weighted by atomic mass is 9.80. The number of nitrogens with one attached hydrogen (secondary N) is 1. The minimum Gasteiger partial charge on any atom is -0.481 e. The molecule has 2 rings (SSSR count). The van der Waals surface area contributed by atoms with Gasteiger partial charge in [0.15, 0.2) is 0 Å². The molecule has 1 saturated heterocycles. The molecule has 0 spiro atoms. The lowest BCUT2D eigenvalue weighted by molar-refractivity contribution is -0.149. The second-order valence-corrected chi connectivity index (χ2v) is 7.44. The Morgan fingerprint density at radius 3 is 2.19 bits per heavy atom. The minimum atomic E-state index is -3.42. The topological polar surface area (TPSA) is 86.7 Å². The SMILES string of the molecule is CNS(=O)(=O)c1ccc(N2CCC(C)(C(=O)O)CC2)cc1. The number of rotatable bonds is 4. The van der Waals surface area contributed by atoms with Gasteiger partial charge in [0.2, 0.25) is 10.0 Å². The molecule has 0 saturated carbocycles. The number of benzene rings is 1. The van der Waals surface area contributed by atoms with Gasteiger partial charge in [-0.1, -0.05) is 0 Å². The van der Waals surface area contributed by atoms with Crippen LogP contribution in [0.4, 0.5) is 5.69 Å². The van der Waals surface area contributed by atoms with Crippen LogP contribution in [0.2, 0.25) is 0 Å². The fourth-order valence-corrected chi connectivity index (χ4v) is 3.16. The van der Waals surface area contributed by atoms with Gasteiger partial charge in [0, 0.05) is 18.8 Å². The molecule has 6 nitrogen and oxygen atoms in total.